The van der Waals surface area contributed by atoms with Gasteiger partial charge in [-0.25, -0.2) is 5.84 Å². The van der Waals surface area contributed by atoms with E-state index in [1.807, 2.05) is 32.9 Å². The highest BCUT2D eigenvalue weighted by molar-refractivity contribution is 5.37. The molecule has 21 heavy (non-hydrogen) atoms. The second-order valence-electron chi connectivity index (χ2n) is 4.73. The number of nitrogens with two attached hydrogens (primary N) is 1. The lowest BCUT2D eigenvalue weighted by atomic mass is 10.1. The largest absolute Gasteiger partial charge is 0.461 e. The van der Waals surface area contributed by atoms with E-state index in [4.69, 9.17) is 10.6 Å². The standard InChI is InChI=1S/C13H19N7O/c1-8(2)21-13-18-11(17-12(19-13)20-14)16-9(3)10-5-4-6-15-7-10/h4-9H,14H2,1-3H3,(H2,16,17,18,19,20). The highest BCUT2D eigenvalue weighted by Gasteiger charge is 2.11. The van der Waals surface area contributed by atoms with Gasteiger partial charge in [-0.2, -0.15) is 15.0 Å². The van der Waals surface area contributed by atoms with Crippen molar-refractivity contribution in [2.45, 2.75) is 32.9 Å². The number of nitrogen functional groups attached to an aromatic ring is 1. The summed E-state index contributed by atoms with van der Waals surface area (Å²) < 4.78 is 5.47. The number of aromatic nitrogens is 4. The van der Waals surface area contributed by atoms with E-state index in [9.17, 15) is 0 Å². The quantitative estimate of drug-likeness (QED) is 0.542. The SMILES string of the molecule is CC(C)Oc1nc(NN)nc(NC(C)c2cccnc2)n1. The van der Waals surface area contributed by atoms with Crippen LogP contribution in [0.25, 0.3) is 0 Å². The van der Waals surface area contributed by atoms with E-state index >= 15 is 0 Å². The summed E-state index contributed by atoms with van der Waals surface area (Å²) in [6.07, 6.45) is 3.47. The van der Waals surface area contributed by atoms with Crippen LogP contribution in [0, 0.1) is 0 Å². The van der Waals surface area contributed by atoms with Crippen molar-refractivity contribution in [3.05, 3.63) is 30.1 Å². The molecule has 0 bridgehead atoms. The maximum atomic E-state index is 5.47. The fourth-order valence-corrected chi connectivity index (χ4v) is 1.66. The number of hydrogen-bond donors (Lipinski definition) is 3. The topological polar surface area (TPSA) is 111 Å². The van der Waals surface area contributed by atoms with Crippen LogP contribution in [0.3, 0.4) is 0 Å². The van der Waals surface area contributed by atoms with Gasteiger partial charge in [0.25, 0.3) is 0 Å². The summed E-state index contributed by atoms with van der Waals surface area (Å²) >= 11 is 0. The van der Waals surface area contributed by atoms with Crippen molar-refractivity contribution < 1.29 is 4.74 Å². The molecule has 1 atom stereocenters. The van der Waals surface area contributed by atoms with Gasteiger partial charge in [-0.1, -0.05) is 6.07 Å². The van der Waals surface area contributed by atoms with Gasteiger partial charge in [0.2, 0.25) is 11.9 Å². The minimum Gasteiger partial charge on any atom is -0.461 e. The number of nitrogens with one attached hydrogen (secondary N) is 2. The fourth-order valence-electron chi connectivity index (χ4n) is 1.66. The molecule has 0 aromatic carbocycles. The first-order valence-corrected chi connectivity index (χ1v) is 6.64. The van der Waals surface area contributed by atoms with Crippen LogP contribution in [0.4, 0.5) is 11.9 Å². The Labute approximate surface area is 123 Å². The second-order valence-corrected chi connectivity index (χ2v) is 4.73. The van der Waals surface area contributed by atoms with Crippen molar-refractivity contribution in [3.8, 4) is 6.01 Å². The van der Waals surface area contributed by atoms with E-state index in [-0.39, 0.29) is 24.1 Å². The maximum Gasteiger partial charge on any atom is 0.323 e. The van der Waals surface area contributed by atoms with Gasteiger partial charge in [-0.3, -0.25) is 10.4 Å². The molecule has 0 radical (unpaired) electrons. The molecule has 0 aliphatic rings. The molecule has 8 heteroatoms. The molecular weight excluding hydrogens is 270 g/mol. The number of hydrazine groups is 1. The van der Waals surface area contributed by atoms with Crippen molar-refractivity contribution in [2.75, 3.05) is 10.7 Å². The van der Waals surface area contributed by atoms with Crippen molar-refractivity contribution in [2.24, 2.45) is 5.84 Å². The lowest BCUT2D eigenvalue weighted by Crippen LogP contribution is -2.17. The Morgan fingerprint density at radius 3 is 2.52 bits per heavy atom. The molecule has 0 aliphatic carbocycles. The third-order valence-corrected chi connectivity index (χ3v) is 2.62. The third kappa shape index (κ3) is 4.25. The zero-order chi connectivity index (χ0) is 15.2. The second kappa shape index (κ2) is 6.80. The molecule has 1 unspecified atom stereocenters. The molecule has 2 rings (SSSR count). The number of rotatable bonds is 6. The predicted octanol–water partition coefficient (Wildman–Crippen LogP) is 1.51. The molecule has 0 aliphatic heterocycles. The van der Waals surface area contributed by atoms with Crippen molar-refractivity contribution >= 4 is 11.9 Å². The number of nitrogens with zero attached hydrogens (tertiary/aromatic N) is 4. The number of anilines is 2. The average molecular weight is 289 g/mol. The first-order chi connectivity index (χ1) is 10.1. The zero-order valence-corrected chi connectivity index (χ0v) is 12.2. The van der Waals surface area contributed by atoms with Crippen LogP contribution < -0.4 is 21.3 Å². The summed E-state index contributed by atoms with van der Waals surface area (Å²) in [4.78, 5) is 16.5. The Morgan fingerprint density at radius 2 is 1.90 bits per heavy atom. The fraction of sp³-hybridized carbons (Fsp3) is 0.385. The van der Waals surface area contributed by atoms with Crippen LogP contribution in [0.1, 0.15) is 32.4 Å². The highest BCUT2D eigenvalue weighted by Crippen LogP contribution is 2.18. The minimum absolute atomic E-state index is 0.0152. The molecule has 2 aromatic rings. The Balaban J connectivity index is 2.18. The normalized spacial score (nSPS) is 12.0. The van der Waals surface area contributed by atoms with Gasteiger partial charge in [0.1, 0.15) is 0 Å². The Hall–Kier alpha value is -2.48. The summed E-state index contributed by atoms with van der Waals surface area (Å²) in [6.45, 7) is 5.77. The van der Waals surface area contributed by atoms with Gasteiger partial charge in [-0.15, -0.1) is 0 Å². The van der Waals surface area contributed by atoms with Gasteiger partial charge < -0.3 is 10.1 Å². The van der Waals surface area contributed by atoms with Crippen LogP contribution >= 0.6 is 0 Å². The third-order valence-electron chi connectivity index (χ3n) is 2.62. The van der Waals surface area contributed by atoms with Crippen LogP contribution in [-0.4, -0.2) is 26.0 Å². The zero-order valence-electron chi connectivity index (χ0n) is 12.2. The molecule has 0 saturated heterocycles. The van der Waals surface area contributed by atoms with Gasteiger partial charge in [-0.05, 0) is 32.4 Å². The van der Waals surface area contributed by atoms with Crippen LogP contribution in [0.5, 0.6) is 6.01 Å². The highest BCUT2D eigenvalue weighted by atomic mass is 16.5. The predicted molar refractivity (Wildman–Crippen MR) is 79.7 cm³/mol. The Kier molecular flexibility index (Phi) is 4.83. The summed E-state index contributed by atoms with van der Waals surface area (Å²) in [7, 11) is 0. The van der Waals surface area contributed by atoms with E-state index < -0.39 is 0 Å². The maximum absolute atomic E-state index is 5.47. The summed E-state index contributed by atoms with van der Waals surface area (Å²) in [6, 6.07) is 4.05. The molecule has 4 N–H and O–H groups in total. The van der Waals surface area contributed by atoms with Crippen LogP contribution in [0.15, 0.2) is 24.5 Å². The lowest BCUT2D eigenvalue weighted by molar-refractivity contribution is 0.222. The lowest BCUT2D eigenvalue weighted by Gasteiger charge is -2.15. The summed E-state index contributed by atoms with van der Waals surface area (Å²) in [5.41, 5.74) is 3.42. The smallest absolute Gasteiger partial charge is 0.323 e. The first kappa shape index (κ1) is 14.9. The van der Waals surface area contributed by atoms with Crippen molar-refractivity contribution in [3.63, 3.8) is 0 Å². The number of pyridine rings is 1. The summed E-state index contributed by atoms with van der Waals surface area (Å²) in [5.74, 6) is 5.98. The van der Waals surface area contributed by atoms with E-state index in [2.05, 4.69) is 30.7 Å². The Morgan fingerprint density at radius 1 is 1.14 bits per heavy atom. The van der Waals surface area contributed by atoms with Crippen molar-refractivity contribution in [1.82, 2.24) is 19.9 Å². The monoisotopic (exact) mass is 289 g/mol. The van der Waals surface area contributed by atoms with Gasteiger partial charge >= 0.3 is 6.01 Å². The molecule has 2 aromatic heterocycles. The van der Waals surface area contributed by atoms with Gasteiger partial charge in [0.15, 0.2) is 0 Å². The molecule has 0 spiro atoms. The molecule has 2 heterocycles. The first-order valence-electron chi connectivity index (χ1n) is 6.64. The van der Waals surface area contributed by atoms with Crippen LogP contribution in [-0.2, 0) is 0 Å². The molecule has 0 amide bonds. The summed E-state index contributed by atoms with van der Waals surface area (Å²) in [5, 5.41) is 3.17. The molecule has 0 fully saturated rings. The Bertz CT molecular complexity index is 576. The van der Waals surface area contributed by atoms with E-state index in [1.54, 1.807) is 12.4 Å². The molecular formula is C13H19N7O. The van der Waals surface area contributed by atoms with E-state index in [1.165, 1.54) is 0 Å². The van der Waals surface area contributed by atoms with Crippen LogP contribution in [0.2, 0.25) is 0 Å². The number of ether oxygens (including phenoxy) is 1. The molecule has 112 valence electrons. The number of hydrogen-bond acceptors (Lipinski definition) is 8. The average Bonchev–Trinajstić information content (AvgIpc) is 2.47. The van der Waals surface area contributed by atoms with Gasteiger partial charge in [0, 0.05) is 12.4 Å². The molecule has 8 nitrogen and oxygen atoms in total. The van der Waals surface area contributed by atoms with E-state index in [0.29, 0.717) is 5.95 Å². The minimum atomic E-state index is -0.0402. The van der Waals surface area contributed by atoms with Crippen molar-refractivity contribution in [1.29, 1.82) is 0 Å². The van der Waals surface area contributed by atoms with E-state index in [0.717, 1.165) is 5.56 Å². The molecule has 0 saturated carbocycles. The van der Waals surface area contributed by atoms with Gasteiger partial charge in [0.05, 0.1) is 12.1 Å².